The molecule has 0 fully saturated rings. The van der Waals surface area contributed by atoms with Crippen LogP contribution in [0.4, 0.5) is 0 Å². The van der Waals surface area contributed by atoms with E-state index < -0.39 is 9.84 Å². The summed E-state index contributed by atoms with van der Waals surface area (Å²) in [4.78, 5) is -0.320. The third-order valence-corrected chi connectivity index (χ3v) is 3.39. The lowest BCUT2D eigenvalue weighted by Gasteiger charge is -2.16. The summed E-state index contributed by atoms with van der Waals surface area (Å²) in [5.41, 5.74) is 0.486. The summed E-state index contributed by atoms with van der Waals surface area (Å²) in [6, 6.07) is 6.77. The minimum absolute atomic E-state index is 0.109. The molecule has 5 nitrogen and oxygen atoms in total. The number of benzene rings is 1. The third kappa shape index (κ3) is 4.00. The van der Waals surface area contributed by atoms with Crippen molar-refractivity contribution in [2.75, 3.05) is 13.4 Å². The summed E-state index contributed by atoms with van der Waals surface area (Å²) >= 11 is 0. The number of ether oxygens (including phenoxy) is 2. The maximum Gasteiger partial charge on any atom is 0.185 e. The number of para-hydroxylation sites is 1. The molecule has 0 heterocycles. The summed E-state index contributed by atoms with van der Waals surface area (Å²) in [5.74, 6) is 0.902. The number of nitrogens with zero attached hydrogens (tertiary/aromatic N) is 1. The highest BCUT2D eigenvalue weighted by Crippen LogP contribution is 2.33. The number of hydrogen-bond acceptors (Lipinski definition) is 5. The first-order chi connectivity index (χ1) is 9.29. The Bertz CT molecular complexity index is 654. The number of allylic oxidation sites excluding steroid dienone is 1. The number of sulfone groups is 1. The van der Waals surface area contributed by atoms with E-state index in [1.54, 1.807) is 24.3 Å². The van der Waals surface area contributed by atoms with Crippen molar-refractivity contribution in [1.29, 1.82) is 5.26 Å². The molecule has 0 unspecified atom stereocenters. The van der Waals surface area contributed by atoms with Crippen molar-refractivity contribution in [3.05, 3.63) is 28.7 Å². The number of methoxy groups -OCH3 is 1. The average molecular weight is 295 g/mol. The van der Waals surface area contributed by atoms with Gasteiger partial charge >= 0.3 is 0 Å². The molecular formula is C14H17NO4S. The number of rotatable bonds is 5. The van der Waals surface area contributed by atoms with Crippen molar-refractivity contribution in [2.45, 2.75) is 20.0 Å². The zero-order chi connectivity index (χ0) is 15.3. The molecule has 0 radical (unpaired) electrons. The van der Waals surface area contributed by atoms with Crippen molar-refractivity contribution >= 4 is 15.9 Å². The molecule has 0 N–H and O–H groups in total. The Labute approximate surface area is 119 Å². The van der Waals surface area contributed by atoms with Gasteiger partial charge in [-0.3, -0.25) is 0 Å². The van der Waals surface area contributed by atoms with Crippen LogP contribution in [0.5, 0.6) is 11.5 Å². The van der Waals surface area contributed by atoms with Gasteiger partial charge in [0, 0.05) is 11.8 Å². The lowest BCUT2D eigenvalue weighted by Crippen LogP contribution is -2.08. The van der Waals surface area contributed by atoms with Gasteiger partial charge in [0.25, 0.3) is 0 Å². The lowest BCUT2D eigenvalue weighted by atomic mass is 10.1. The van der Waals surface area contributed by atoms with E-state index >= 15 is 0 Å². The molecule has 0 aliphatic carbocycles. The van der Waals surface area contributed by atoms with Crippen LogP contribution in [0.1, 0.15) is 19.4 Å². The highest BCUT2D eigenvalue weighted by molar-refractivity contribution is 7.95. The zero-order valence-corrected chi connectivity index (χ0v) is 12.7. The summed E-state index contributed by atoms with van der Waals surface area (Å²) < 4.78 is 33.8. The van der Waals surface area contributed by atoms with Crippen molar-refractivity contribution in [2.24, 2.45) is 0 Å². The van der Waals surface area contributed by atoms with E-state index in [-0.39, 0.29) is 11.0 Å². The van der Waals surface area contributed by atoms with Gasteiger partial charge < -0.3 is 9.47 Å². The Hall–Kier alpha value is -2.00. The van der Waals surface area contributed by atoms with Gasteiger partial charge in [-0.05, 0) is 26.0 Å². The van der Waals surface area contributed by atoms with Crippen LogP contribution in [0.3, 0.4) is 0 Å². The van der Waals surface area contributed by atoms with Crippen LogP contribution in [0.15, 0.2) is 23.1 Å². The largest absolute Gasteiger partial charge is 0.493 e. The molecule has 1 aromatic carbocycles. The topological polar surface area (TPSA) is 76.4 Å². The maximum atomic E-state index is 11.5. The standard InChI is InChI=1S/C14H17NO4S/c1-10(2)19-14-11(6-5-7-13(14)18-3)8-12(9-15)20(4,16)17/h5-8,10H,1-4H3/b12-8+. The van der Waals surface area contributed by atoms with Crippen LogP contribution in [-0.4, -0.2) is 27.9 Å². The highest BCUT2D eigenvalue weighted by Gasteiger charge is 2.15. The minimum Gasteiger partial charge on any atom is -0.493 e. The highest BCUT2D eigenvalue weighted by atomic mass is 32.2. The first kappa shape index (κ1) is 16.1. The summed E-state index contributed by atoms with van der Waals surface area (Å²) in [6.45, 7) is 3.70. The molecule has 0 aliphatic heterocycles. The second kappa shape index (κ2) is 6.44. The van der Waals surface area contributed by atoms with E-state index in [9.17, 15) is 8.42 Å². The molecule has 0 spiro atoms. The van der Waals surface area contributed by atoms with Crippen molar-refractivity contribution in [1.82, 2.24) is 0 Å². The Balaban J connectivity index is 3.45. The van der Waals surface area contributed by atoms with Gasteiger partial charge in [-0.15, -0.1) is 0 Å². The van der Waals surface area contributed by atoms with E-state index in [1.165, 1.54) is 13.2 Å². The van der Waals surface area contributed by atoms with Gasteiger partial charge in [0.2, 0.25) is 0 Å². The minimum atomic E-state index is -3.57. The maximum absolute atomic E-state index is 11.5. The first-order valence-electron chi connectivity index (χ1n) is 5.95. The smallest absolute Gasteiger partial charge is 0.185 e. The Morgan fingerprint density at radius 1 is 1.40 bits per heavy atom. The van der Waals surface area contributed by atoms with E-state index in [0.717, 1.165) is 6.26 Å². The normalized spacial score (nSPS) is 12.1. The number of hydrogen-bond donors (Lipinski definition) is 0. The van der Waals surface area contributed by atoms with E-state index in [4.69, 9.17) is 14.7 Å². The Morgan fingerprint density at radius 3 is 2.50 bits per heavy atom. The molecule has 20 heavy (non-hydrogen) atoms. The summed E-state index contributed by atoms with van der Waals surface area (Å²) in [7, 11) is -2.08. The first-order valence-corrected chi connectivity index (χ1v) is 7.84. The van der Waals surface area contributed by atoms with Crippen LogP contribution in [0, 0.1) is 11.3 Å². The second-order valence-corrected chi connectivity index (χ2v) is 6.42. The molecule has 108 valence electrons. The van der Waals surface area contributed by atoms with Crippen LogP contribution in [0.2, 0.25) is 0 Å². The number of nitriles is 1. The molecule has 6 heteroatoms. The van der Waals surface area contributed by atoms with Crippen LogP contribution in [0.25, 0.3) is 6.08 Å². The van der Waals surface area contributed by atoms with Crippen molar-refractivity contribution < 1.29 is 17.9 Å². The van der Waals surface area contributed by atoms with Gasteiger partial charge in [0.05, 0.1) is 13.2 Å². The Kier molecular flexibility index (Phi) is 5.17. The molecular weight excluding hydrogens is 278 g/mol. The zero-order valence-electron chi connectivity index (χ0n) is 11.9. The molecule has 1 aromatic rings. The van der Waals surface area contributed by atoms with Gasteiger partial charge in [0.1, 0.15) is 11.0 Å². The Morgan fingerprint density at radius 2 is 2.05 bits per heavy atom. The molecule has 0 aromatic heterocycles. The van der Waals surface area contributed by atoms with Crippen LogP contribution < -0.4 is 9.47 Å². The molecule has 0 bridgehead atoms. The van der Waals surface area contributed by atoms with Gasteiger partial charge in [-0.2, -0.15) is 5.26 Å². The predicted octanol–water partition coefficient (Wildman–Crippen LogP) is 2.39. The van der Waals surface area contributed by atoms with E-state index in [2.05, 4.69) is 0 Å². The molecule has 0 atom stereocenters. The molecule has 1 rings (SSSR count). The fourth-order valence-electron chi connectivity index (χ4n) is 1.53. The van der Waals surface area contributed by atoms with Gasteiger partial charge in [-0.25, -0.2) is 8.42 Å². The fraction of sp³-hybridized carbons (Fsp3) is 0.357. The molecule has 0 saturated heterocycles. The van der Waals surface area contributed by atoms with E-state index in [0.29, 0.717) is 17.1 Å². The molecule has 0 amide bonds. The van der Waals surface area contributed by atoms with Crippen LogP contribution >= 0.6 is 0 Å². The van der Waals surface area contributed by atoms with Crippen LogP contribution in [-0.2, 0) is 9.84 Å². The van der Waals surface area contributed by atoms with E-state index in [1.807, 2.05) is 13.8 Å². The average Bonchev–Trinajstić information content (AvgIpc) is 2.35. The SMILES string of the molecule is COc1cccc(/C=C(\C#N)S(C)(=O)=O)c1OC(C)C. The fourth-order valence-corrected chi connectivity index (χ4v) is 2.04. The van der Waals surface area contributed by atoms with Crippen molar-refractivity contribution in [3.8, 4) is 17.6 Å². The lowest BCUT2D eigenvalue weighted by molar-refractivity contribution is 0.229. The van der Waals surface area contributed by atoms with Crippen molar-refractivity contribution in [3.63, 3.8) is 0 Å². The molecule has 0 saturated carbocycles. The van der Waals surface area contributed by atoms with Gasteiger partial charge in [-0.1, -0.05) is 12.1 Å². The third-order valence-electron chi connectivity index (χ3n) is 2.38. The predicted molar refractivity (Wildman–Crippen MR) is 77.2 cm³/mol. The second-order valence-electron chi connectivity index (χ2n) is 4.44. The summed E-state index contributed by atoms with van der Waals surface area (Å²) in [5, 5.41) is 8.95. The quantitative estimate of drug-likeness (QED) is 0.779. The molecule has 0 aliphatic rings. The van der Waals surface area contributed by atoms with Gasteiger partial charge in [0.15, 0.2) is 21.3 Å². The summed E-state index contributed by atoms with van der Waals surface area (Å²) in [6.07, 6.45) is 2.17. The monoisotopic (exact) mass is 295 g/mol.